The van der Waals surface area contributed by atoms with Gasteiger partial charge in [-0.25, -0.2) is 0 Å². The maximum atomic E-state index is 14.3. The van der Waals surface area contributed by atoms with Gasteiger partial charge in [0.1, 0.15) is 5.75 Å². The number of piperidine rings is 1. The van der Waals surface area contributed by atoms with Crippen LogP contribution in [0, 0.1) is 27.2 Å². The van der Waals surface area contributed by atoms with Crippen LogP contribution < -0.4 is 9.47 Å². The van der Waals surface area contributed by atoms with Crippen LogP contribution in [0.25, 0.3) is 0 Å². The number of phenols is 1. The van der Waals surface area contributed by atoms with Crippen molar-refractivity contribution in [2.24, 2.45) is 23.7 Å². The van der Waals surface area contributed by atoms with E-state index in [0.29, 0.717) is 27.9 Å². The van der Waals surface area contributed by atoms with E-state index in [9.17, 15) is 19.8 Å². The first-order chi connectivity index (χ1) is 22.3. The standard InChI is InChI=1S/C36H39IN2O7/c1-44-31-17-23(16-29(37)33(31)40)30-19-28-32-27(18-24(36(28,43)46-30)21-45-26-10-6-3-7-11-26)34(41)39(35(32)42)25-12-14-38(15-13-25)20-22-8-4-2-5-9-22/h2-11,16-17,24-25,27-28,30,32,40,43H,12-15,18-21H2,1H3/t24-,27+,28+,30+,32+,36-/m1/s1. The van der Waals surface area contributed by atoms with Crippen molar-refractivity contribution in [2.45, 2.75) is 50.2 Å². The zero-order valence-electron chi connectivity index (χ0n) is 25.8. The number of methoxy groups -OCH3 is 1. The van der Waals surface area contributed by atoms with E-state index in [1.807, 2.05) is 77.2 Å². The topological polar surface area (TPSA) is 109 Å². The molecule has 0 unspecified atom stereocenters. The molecule has 0 radical (unpaired) electrons. The average Bonchev–Trinajstić information content (AvgIpc) is 3.55. The molecule has 4 fully saturated rings. The van der Waals surface area contributed by atoms with E-state index in [0.717, 1.165) is 38.0 Å². The second kappa shape index (κ2) is 12.8. The number of rotatable bonds is 8. The van der Waals surface area contributed by atoms with E-state index in [4.69, 9.17) is 14.2 Å². The minimum absolute atomic E-state index is 0.0391. The number of hydrogen-bond acceptors (Lipinski definition) is 8. The van der Waals surface area contributed by atoms with E-state index in [1.165, 1.54) is 17.6 Å². The summed E-state index contributed by atoms with van der Waals surface area (Å²) in [5.41, 5.74) is 1.99. The number of phenolic OH excluding ortho intramolecular Hbond substituents is 1. The molecule has 2 amide bonds. The monoisotopic (exact) mass is 738 g/mol. The zero-order chi connectivity index (χ0) is 32.0. The number of para-hydroxylation sites is 1. The molecule has 3 aromatic carbocycles. The molecule has 2 N–H and O–H groups in total. The van der Waals surface area contributed by atoms with E-state index >= 15 is 0 Å². The summed E-state index contributed by atoms with van der Waals surface area (Å²) in [5.74, 6) is -3.33. The molecule has 1 saturated carbocycles. The van der Waals surface area contributed by atoms with Crippen LogP contribution in [-0.2, 0) is 20.9 Å². The number of benzene rings is 3. The zero-order valence-corrected chi connectivity index (χ0v) is 27.9. The van der Waals surface area contributed by atoms with Crippen molar-refractivity contribution in [1.82, 2.24) is 9.80 Å². The Labute approximate surface area is 282 Å². The van der Waals surface area contributed by atoms with Gasteiger partial charge in [-0.15, -0.1) is 0 Å². The molecule has 3 aliphatic heterocycles. The smallest absolute Gasteiger partial charge is 0.233 e. The fraction of sp³-hybridized carbons (Fsp3) is 0.444. The van der Waals surface area contributed by atoms with Crippen molar-refractivity contribution < 1.29 is 34.0 Å². The summed E-state index contributed by atoms with van der Waals surface area (Å²) in [6, 6.07) is 23.1. The van der Waals surface area contributed by atoms with Gasteiger partial charge in [0.15, 0.2) is 17.3 Å². The largest absolute Gasteiger partial charge is 0.504 e. The number of amides is 2. The van der Waals surface area contributed by atoms with Gasteiger partial charge in [-0.1, -0.05) is 48.5 Å². The molecule has 242 valence electrons. The lowest BCUT2D eigenvalue weighted by molar-refractivity contribution is -0.272. The fourth-order valence-corrected chi connectivity index (χ4v) is 8.72. The van der Waals surface area contributed by atoms with Crippen molar-refractivity contribution in [1.29, 1.82) is 0 Å². The van der Waals surface area contributed by atoms with Gasteiger partial charge in [0, 0.05) is 37.5 Å². The lowest BCUT2D eigenvalue weighted by atomic mass is 9.64. The summed E-state index contributed by atoms with van der Waals surface area (Å²) >= 11 is 2.04. The molecule has 46 heavy (non-hydrogen) atoms. The van der Waals surface area contributed by atoms with E-state index in [1.54, 1.807) is 6.07 Å². The van der Waals surface area contributed by atoms with Crippen LogP contribution in [0.2, 0.25) is 0 Å². The highest BCUT2D eigenvalue weighted by molar-refractivity contribution is 14.1. The fourth-order valence-electron chi connectivity index (χ4n) is 8.09. The summed E-state index contributed by atoms with van der Waals surface area (Å²) in [6.07, 6.45) is 1.54. The van der Waals surface area contributed by atoms with Gasteiger partial charge in [-0.3, -0.25) is 19.4 Å². The first-order valence-corrected chi connectivity index (χ1v) is 17.1. The van der Waals surface area contributed by atoms with Crippen LogP contribution in [0.15, 0.2) is 72.8 Å². The number of halogens is 1. The van der Waals surface area contributed by atoms with Gasteiger partial charge < -0.3 is 24.4 Å². The number of nitrogens with zero attached hydrogens (tertiary/aromatic N) is 2. The van der Waals surface area contributed by atoms with Crippen molar-refractivity contribution in [3.63, 3.8) is 0 Å². The quantitative estimate of drug-likeness (QED) is 0.242. The van der Waals surface area contributed by atoms with E-state index in [-0.39, 0.29) is 30.2 Å². The lowest BCUT2D eigenvalue weighted by Gasteiger charge is -2.44. The first kappa shape index (κ1) is 31.4. The van der Waals surface area contributed by atoms with Gasteiger partial charge in [0.2, 0.25) is 11.8 Å². The maximum absolute atomic E-state index is 14.3. The van der Waals surface area contributed by atoms with Crippen molar-refractivity contribution in [3.05, 3.63) is 87.5 Å². The summed E-state index contributed by atoms with van der Waals surface area (Å²) in [6.45, 7) is 2.60. The Morgan fingerprint density at radius 1 is 0.978 bits per heavy atom. The molecule has 3 aromatic rings. The highest BCUT2D eigenvalue weighted by Crippen LogP contribution is 2.59. The van der Waals surface area contributed by atoms with Crippen molar-refractivity contribution >= 4 is 34.4 Å². The molecule has 3 saturated heterocycles. The Morgan fingerprint density at radius 3 is 2.37 bits per heavy atom. The SMILES string of the molecule is COc1cc([C@@H]2C[C@H]3[C@H]4C(=O)N(C5CCN(Cc6ccccc6)CC5)C(=O)[C@H]4C[C@H](COc4ccccc4)[C@@]3(O)O2)cc(I)c1O. The van der Waals surface area contributed by atoms with Crippen LogP contribution in [0.5, 0.6) is 17.2 Å². The molecule has 1 aliphatic carbocycles. The van der Waals surface area contributed by atoms with Crippen molar-refractivity contribution in [3.8, 4) is 17.2 Å². The number of likely N-dealkylation sites (tertiary alicyclic amines) is 2. The number of aliphatic hydroxyl groups is 1. The number of imide groups is 1. The minimum atomic E-state index is -1.68. The normalized spacial score (nSPS) is 29.9. The molecule has 4 aliphatic rings. The van der Waals surface area contributed by atoms with Crippen LogP contribution in [0.1, 0.15) is 42.9 Å². The second-order valence-electron chi connectivity index (χ2n) is 13.0. The van der Waals surface area contributed by atoms with E-state index in [2.05, 4.69) is 17.0 Å². The highest BCUT2D eigenvalue weighted by Gasteiger charge is 2.67. The molecule has 7 rings (SSSR count). The van der Waals surface area contributed by atoms with E-state index < -0.39 is 35.6 Å². The minimum Gasteiger partial charge on any atom is -0.504 e. The molecule has 3 heterocycles. The molecule has 10 heteroatoms. The van der Waals surface area contributed by atoms with Crippen LogP contribution in [0.4, 0.5) is 0 Å². The molecule has 6 atom stereocenters. The number of fused-ring (bicyclic) bond motifs is 3. The molecular formula is C36H39IN2O7. The predicted molar refractivity (Wildman–Crippen MR) is 178 cm³/mol. The number of ether oxygens (including phenoxy) is 3. The Morgan fingerprint density at radius 2 is 1.67 bits per heavy atom. The summed E-state index contributed by atoms with van der Waals surface area (Å²) in [7, 11) is 1.49. The van der Waals surface area contributed by atoms with Gasteiger partial charge in [0.05, 0.1) is 35.2 Å². The number of carbonyl (C=O) groups excluding carboxylic acids is 2. The van der Waals surface area contributed by atoms with Gasteiger partial charge >= 0.3 is 0 Å². The summed E-state index contributed by atoms with van der Waals surface area (Å²) in [4.78, 5) is 32.3. The number of hydrogen-bond donors (Lipinski definition) is 2. The third-order valence-corrected chi connectivity index (χ3v) is 11.2. The molecular weight excluding hydrogens is 699 g/mol. The Hall–Kier alpha value is -3.19. The highest BCUT2D eigenvalue weighted by atomic mass is 127. The van der Waals surface area contributed by atoms with Crippen molar-refractivity contribution in [2.75, 3.05) is 26.8 Å². The predicted octanol–water partition coefficient (Wildman–Crippen LogP) is 5.14. The van der Waals surface area contributed by atoms with Gasteiger partial charge in [-0.05, 0) is 83.7 Å². The third-order valence-electron chi connectivity index (χ3n) is 10.4. The van der Waals surface area contributed by atoms with Gasteiger partial charge in [-0.2, -0.15) is 0 Å². The Balaban J connectivity index is 1.14. The van der Waals surface area contributed by atoms with Crippen LogP contribution in [-0.4, -0.2) is 70.5 Å². The van der Waals surface area contributed by atoms with Crippen LogP contribution >= 0.6 is 22.6 Å². The lowest BCUT2D eigenvalue weighted by Crippen LogP contribution is -2.55. The molecule has 0 spiro atoms. The second-order valence-corrected chi connectivity index (χ2v) is 14.1. The van der Waals surface area contributed by atoms with Gasteiger partial charge in [0.25, 0.3) is 0 Å². The molecule has 0 bridgehead atoms. The Kier molecular flexibility index (Phi) is 8.73. The molecule has 0 aromatic heterocycles. The Bertz CT molecular complexity index is 1580. The third kappa shape index (κ3) is 5.67. The number of carbonyl (C=O) groups is 2. The average molecular weight is 739 g/mol. The molecule has 9 nitrogen and oxygen atoms in total. The summed E-state index contributed by atoms with van der Waals surface area (Å²) in [5, 5.41) is 22.8. The maximum Gasteiger partial charge on any atom is 0.233 e. The summed E-state index contributed by atoms with van der Waals surface area (Å²) < 4.78 is 18.7. The first-order valence-electron chi connectivity index (χ1n) is 16.0. The number of aromatic hydroxyl groups is 1. The van der Waals surface area contributed by atoms with Crippen LogP contribution in [0.3, 0.4) is 0 Å².